The Morgan fingerprint density at radius 2 is 2.00 bits per heavy atom. The van der Waals surface area contributed by atoms with Crippen LogP contribution < -0.4 is 5.32 Å². The molecule has 6 heteroatoms. The number of nitrogens with zero attached hydrogens (tertiary/aromatic N) is 3. The second-order valence-corrected chi connectivity index (χ2v) is 5.89. The lowest BCUT2D eigenvalue weighted by Crippen LogP contribution is -2.14. The molecule has 22 heavy (non-hydrogen) atoms. The maximum absolute atomic E-state index is 12.0. The van der Waals surface area contributed by atoms with Gasteiger partial charge in [-0.1, -0.05) is 43.3 Å². The Labute approximate surface area is 135 Å². The van der Waals surface area contributed by atoms with E-state index in [9.17, 15) is 4.79 Å². The molecule has 0 saturated carbocycles. The van der Waals surface area contributed by atoms with Crippen molar-refractivity contribution in [2.24, 2.45) is 0 Å². The van der Waals surface area contributed by atoms with Gasteiger partial charge in [0.25, 0.3) is 0 Å². The highest BCUT2D eigenvalue weighted by molar-refractivity contribution is 7.99. The van der Waals surface area contributed by atoms with Crippen molar-refractivity contribution in [1.82, 2.24) is 14.8 Å². The molecule has 5 nitrogen and oxygen atoms in total. The topological polar surface area (TPSA) is 59.8 Å². The van der Waals surface area contributed by atoms with Crippen LogP contribution in [0.1, 0.15) is 32.5 Å². The Balaban J connectivity index is 1.91. The largest absolute Gasteiger partial charge is 0.325 e. The molecule has 1 aromatic carbocycles. The molecule has 1 N–H and O–H groups in total. The van der Waals surface area contributed by atoms with Crippen molar-refractivity contribution in [3.8, 4) is 0 Å². The number of unbranched alkanes of at least 4 members (excludes halogenated alkanes) is 1. The number of aryl methyl sites for hydroxylation is 1. The second kappa shape index (κ2) is 8.58. The van der Waals surface area contributed by atoms with E-state index in [-0.39, 0.29) is 5.91 Å². The zero-order valence-electron chi connectivity index (χ0n) is 13.1. The van der Waals surface area contributed by atoms with Gasteiger partial charge < -0.3 is 9.88 Å². The molecule has 1 aromatic heterocycles. The van der Waals surface area contributed by atoms with Crippen LogP contribution in [0.3, 0.4) is 0 Å². The number of aromatic nitrogens is 3. The van der Waals surface area contributed by atoms with Crippen LogP contribution in [0.2, 0.25) is 0 Å². The number of amides is 1. The van der Waals surface area contributed by atoms with Crippen LogP contribution in [-0.4, -0.2) is 26.4 Å². The molecule has 0 atom stereocenters. The predicted molar refractivity (Wildman–Crippen MR) is 90.1 cm³/mol. The molecule has 2 aromatic rings. The van der Waals surface area contributed by atoms with E-state index in [4.69, 9.17) is 0 Å². The predicted octanol–water partition coefficient (Wildman–Crippen LogP) is 3.37. The summed E-state index contributed by atoms with van der Waals surface area (Å²) in [4.78, 5) is 12.0. The maximum atomic E-state index is 12.0. The zero-order chi connectivity index (χ0) is 15.8. The fourth-order valence-electron chi connectivity index (χ4n) is 2.11. The van der Waals surface area contributed by atoms with Crippen LogP contribution in [0.5, 0.6) is 0 Å². The second-order valence-electron chi connectivity index (χ2n) is 4.95. The van der Waals surface area contributed by atoms with E-state index in [2.05, 4.69) is 33.9 Å². The van der Waals surface area contributed by atoms with Crippen molar-refractivity contribution in [1.29, 1.82) is 0 Å². The highest BCUT2D eigenvalue weighted by Crippen LogP contribution is 2.18. The van der Waals surface area contributed by atoms with E-state index in [1.807, 2.05) is 30.3 Å². The molecule has 118 valence electrons. The number of benzene rings is 1. The summed E-state index contributed by atoms with van der Waals surface area (Å²) >= 11 is 1.43. The van der Waals surface area contributed by atoms with Gasteiger partial charge in [0.05, 0.1) is 5.75 Å². The Morgan fingerprint density at radius 3 is 2.68 bits per heavy atom. The number of rotatable bonds is 8. The van der Waals surface area contributed by atoms with Gasteiger partial charge in [0.2, 0.25) is 5.91 Å². The summed E-state index contributed by atoms with van der Waals surface area (Å²) < 4.78 is 2.09. The van der Waals surface area contributed by atoms with Gasteiger partial charge >= 0.3 is 0 Å². The van der Waals surface area contributed by atoms with Crippen LogP contribution in [0.4, 0.5) is 5.69 Å². The van der Waals surface area contributed by atoms with Crippen molar-refractivity contribution in [2.75, 3.05) is 11.1 Å². The van der Waals surface area contributed by atoms with Gasteiger partial charge in [-0.3, -0.25) is 4.79 Å². The first-order chi connectivity index (χ1) is 10.7. The van der Waals surface area contributed by atoms with Crippen LogP contribution >= 0.6 is 11.8 Å². The van der Waals surface area contributed by atoms with E-state index in [0.29, 0.717) is 5.75 Å². The van der Waals surface area contributed by atoms with Crippen LogP contribution in [0, 0.1) is 0 Å². The van der Waals surface area contributed by atoms with Gasteiger partial charge in [-0.2, -0.15) is 0 Å². The average molecular weight is 318 g/mol. The van der Waals surface area contributed by atoms with E-state index in [1.54, 1.807) is 0 Å². The first-order valence-corrected chi connectivity index (χ1v) is 8.63. The molecule has 1 heterocycles. The van der Waals surface area contributed by atoms with Crippen molar-refractivity contribution < 1.29 is 4.79 Å². The van der Waals surface area contributed by atoms with Crippen molar-refractivity contribution in [2.45, 2.75) is 44.8 Å². The van der Waals surface area contributed by atoms with Gasteiger partial charge in [0.1, 0.15) is 5.82 Å². The fraction of sp³-hybridized carbons (Fsp3) is 0.438. The maximum Gasteiger partial charge on any atom is 0.234 e. The summed E-state index contributed by atoms with van der Waals surface area (Å²) in [6.07, 6.45) is 3.18. The third-order valence-electron chi connectivity index (χ3n) is 3.25. The average Bonchev–Trinajstić information content (AvgIpc) is 2.93. The van der Waals surface area contributed by atoms with Gasteiger partial charge in [0.15, 0.2) is 5.16 Å². The number of anilines is 1. The lowest BCUT2D eigenvalue weighted by molar-refractivity contribution is -0.113. The molecule has 0 unspecified atom stereocenters. The van der Waals surface area contributed by atoms with Gasteiger partial charge in [-0.25, -0.2) is 0 Å². The van der Waals surface area contributed by atoms with Crippen LogP contribution in [-0.2, 0) is 17.8 Å². The first-order valence-electron chi connectivity index (χ1n) is 7.64. The summed E-state index contributed by atoms with van der Waals surface area (Å²) in [5.74, 6) is 1.31. The van der Waals surface area contributed by atoms with Gasteiger partial charge in [0, 0.05) is 18.7 Å². The smallest absolute Gasteiger partial charge is 0.234 e. The van der Waals surface area contributed by atoms with E-state index in [1.165, 1.54) is 11.8 Å². The van der Waals surface area contributed by atoms with Crippen molar-refractivity contribution in [3.63, 3.8) is 0 Å². The number of carbonyl (C=O) groups is 1. The van der Waals surface area contributed by atoms with Crippen molar-refractivity contribution in [3.05, 3.63) is 36.2 Å². The number of hydrogen-bond donors (Lipinski definition) is 1. The molecule has 1 amide bonds. The Kier molecular flexibility index (Phi) is 6.45. The lowest BCUT2D eigenvalue weighted by atomic mass is 10.2. The van der Waals surface area contributed by atoms with Crippen LogP contribution in [0.25, 0.3) is 0 Å². The highest BCUT2D eigenvalue weighted by atomic mass is 32.2. The minimum absolute atomic E-state index is 0.0306. The Bertz CT molecular complexity index is 597. The Hall–Kier alpha value is -1.82. The normalized spacial score (nSPS) is 10.6. The van der Waals surface area contributed by atoms with E-state index < -0.39 is 0 Å². The third-order valence-corrected chi connectivity index (χ3v) is 4.22. The molecule has 0 radical (unpaired) electrons. The molecule has 2 rings (SSSR count). The van der Waals surface area contributed by atoms with Crippen LogP contribution in [0.15, 0.2) is 35.5 Å². The molecule has 0 aliphatic heterocycles. The van der Waals surface area contributed by atoms with Crippen molar-refractivity contribution >= 4 is 23.4 Å². The summed E-state index contributed by atoms with van der Waals surface area (Å²) in [6, 6.07) is 9.47. The standard InChI is InChI=1S/C16H22N4OS/c1-3-5-11-14-18-19-16(20(14)4-2)22-12-15(21)17-13-9-7-6-8-10-13/h6-10H,3-5,11-12H2,1-2H3,(H,17,21). The molecule has 0 bridgehead atoms. The molecular weight excluding hydrogens is 296 g/mol. The number of nitrogens with one attached hydrogen (secondary N) is 1. The third kappa shape index (κ3) is 4.59. The SMILES string of the molecule is CCCCc1nnc(SCC(=O)Nc2ccccc2)n1CC. The fourth-order valence-corrected chi connectivity index (χ4v) is 2.93. The van der Waals surface area contributed by atoms with Gasteiger partial charge in [-0.15, -0.1) is 10.2 Å². The molecular formula is C16H22N4OS. The number of para-hydroxylation sites is 1. The molecule has 0 spiro atoms. The molecule has 0 saturated heterocycles. The minimum atomic E-state index is -0.0306. The van der Waals surface area contributed by atoms with E-state index in [0.717, 1.165) is 42.5 Å². The summed E-state index contributed by atoms with van der Waals surface area (Å²) in [5.41, 5.74) is 0.814. The molecule has 0 fully saturated rings. The Morgan fingerprint density at radius 1 is 1.23 bits per heavy atom. The van der Waals surface area contributed by atoms with Gasteiger partial charge in [-0.05, 0) is 25.5 Å². The summed E-state index contributed by atoms with van der Waals surface area (Å²) in [5, 5.41) is 12.2. The highest BCUT2D eigenvalue weighted by Gasteiger charge is 2.12. The number of carbonyl (C=O) groups excluding carboxylic acids is 1. The van der Waals surface area contributed by atoms with E-state index >= 15 is 0 Å². The lowest BCUT2D eigenvalue weighted by Gasteiger charge is -2.07. The first kappa shape index (κ1) is 16.5. The summed E-state index contributed by atoms with van der Waals surface area (Å²) in [7, 11) is 0. The summed E-state index contributed by atoms with van der Waals surface area (Å²) in [6.45, 7) is 5.07. The number of thioether (sulfide) groups is 1. The quantitative estimate of drug-likeness (QED) is 0.758. The monoisotopic (exact) mass is 318 g/mol. The number of hydrogen-bond acceptors (Lipinski definition) is 4. The molecule has 0 aliphatic carbocycles. The zero-order valence-corrected chi connectivity index (χ0v) is 13.9. The molecule has 0 aliphatic rings. The minimum Gasteiger partial charge on any atom is -0.325 e.